The van der Waals surface area contributed by atoms with Crippen molar-refractivity contribution in [3.8, 4) is 0 Å². The zero-order chi connectivity index (χ0) is 15.3. The number of sulfonamides is 1. The minimum Gasteiger partial charge on any atom is -0.469 e. The molecule has 2 heterocycles. The quantitative estimate of drug-likeness (QED) is 0.624. The zero-order valence-electron chi connectivity index (χ0n) is 12.5. The van der Waals surface area contributed by atoms with Crippen molar-refractivity contribution in [2.75, 3.05) is 52.3 Å². The van der Waals surface area contributed by atoms with Gasteiger partial charge in [-0.1, -0.05) is 0 Å². The highest BCUT2D eigenvalue weighted by atomic mass is 32.2. The number of carbonyl (C=O) groups excluding carboxylic acids is 1. The van der Waals surface area contributed by atoms with E-state index in [0.717, 1.165) is 32.7 Å². The second-order valence-electron chi connectivity index (χ2n) is 5.44. The summed E-state index contributed by atoms with van der Waals surface area (Å²) in [6, 6.07) is 0.296. The molecule has 2 saturated heterocycles. The third-order valence-corrected chi connectivity index (χ3v) is 6.02. The van der Waals surface area contributed by atoms with Crippen molar-refractivity contribution in [2.45, 2.75) is 25.3 Å². The number of morpholine rings is 1. The first-order valence-electron chi connectivity index (χ1n) is 7.39. The van der Waals surface area contributed by atoms with Crippen LogP contribution in [0.3, 0.4) is 0 Å². The molecular weight excluding hydrogens is 296 g/mol. The number of rotatable bonds is 6. The predicted octanol–water partition coefficient (Wildman–Crippen LogP) is -0.324. The normalized spacial score (nSPS) is 25.1. The van der Waals surface area contributed by atoms with Crippen LogP contribution in [0.5, 0.6) is 0 Å². The molecule has 0 saturated carbocycles. The molecule has 7 nitrogen and oxygen atoms in total. The van der Waals surface area contributed by atoms with Crippen molar-refractivity contribution in [3.05, 3.63) is 0 Å². The lowest BCUT2D eigenvalue weighted by Crippen LogP contribution is -2.45. The van der Waals surface area contributed by atoms with Crippen LogP contribution in [0.25, 0.3) is 0 Å². The van der Waals surface area contributed by atoms with E-state index in [9.17, 15) is 13.2 Å². The van der Waals surface area contributed by atoms with Crippen LogP contribution in [0.1, 0.15) is 19.3 Å². The van der Waals surface area contributed by atoms with Gasteiger partial charge in [0.1, 0.15) is 0 Å². The summed E-state index contributed by atoms with van der Waals surface area (Å²) in [4.78, 5) is 13.3. The van der Waals surface area contributed by atoms with Gasteiger partial charge in [0.05, 0.1) is 26.1 Å². The third kappa shape index (κ3) is 4.64. The average molecular weight is 320 g/mol. The van der Waals surface area contributed by atoms with E-state index in [0.29, 0.717) is 25.6 Å². The highest BCUT2D eigenvalue weighted by Gasteiger charge is 2.34. The van der Waals surface area contributed by atoms with Gasteiger partial charge in [0.25, 0.3) is 0 Å². The van der Waals surface area contributed by atoms with E-state index >= 15 is 0 Å². The summed E-state index contributed by atoms with van der Waals surface area (Å²) in [6.07, 6.45) is 1.33. The number of hydrogen-bond acceptors (Lipinski definition) is 6. The number of ether oxygens (including phenoxy) is 2. The molecule has 122 valence electrons. The molecule has 0 aromatic heterocycles. The van der Waals surface area contributed by atoms with Gasteiger partial charge in [0.15, 0.2) is 0 Å². The van der Waals surface area contributed by atoms with Gasteiger partial charge in [-0.3, -0.25) is 9.69 Å². The van der Waals surface area contributed by atoms with Crippen molar-refractivity contribution < 1.29 is 22.7 Å². The molecule has 0 aromatic carbocycles. The Morgan fingerprint density at radius 1 is 1.29 bits per heavy atom. The summed E-state index contributed by atoms with van der Waals surface area (Å²) in [5, 5.41) is 0. The van der Waals surface area contributed by atoms with Crippen LogP contribution in [0.2, 0.25) is 0 Å². The van der Waals surface area contributed by atoms with E-state index in [1.165, 1.54) is 7.11 Å². The van der Waals surface area contributed by atoms with Crippen LogP contribution < -0.4 is 0 Å². The van der Waals surface area contributed by atoms with Gasteiger partial charge < -0.3 is 9.47 Å². The molecule has 8 heteroatoms. The molecule has 0 N–H and O–H groups in total. The number of carbonyl (C=O) groups is 1. The molecule has 1 atom stereocenters. The van der Waals surface area contributed by atoms with Crippen molar-refractivity contribution in [3.63, 3.8) is 0 Å². The van der Waals surface area contributed by atoms with E-state index in [1.54, 1.807) is 4.31 Å². The lowest BCUT2D eigenvalue weighted by atomic mass is 10.2. The minimum atomic E-state index is -3.27. The molecule has 21 heavy (non-hydrogen) atoms. The standard InChI is InChI=1S/C13H24N2O5S/c1-19-13(16)3-2-10-21(17,18)15-5-4-12(11-15)14-6-8-20-9-7-14/h12H,2-11H2,1H3. The smallest absolute Gasteiger partial charge is 0.305 e. The van der Waals surface area contributed by atoms with Crippen LogP contribution in [0, 0.1) is 0 Å². The topological polar surface area (TPSA) is 76.2 Å². The molecule has 0 aliphatic carbocycles. The Balaban J connectivity index is 1.80. The van der Waals surface area contributed by atoms with Gasteiger partial charge in [0, 0.05) is 38.6 Å². The molecule has 2 rings (SSSR count). The molecular formula is C13H24N2O5S. The monoisotopic (exact) mass is 320 g/mol. The van der Waals surface area contributed by atoms with E-state index in [4.69, 9.17) is 4.74 Å². The summed E-state index contributed by atoms with van der Waals surface area (Å²) in [6.45, 7) is 4.33. The Labute approximate surface area is 126 Å². The summed E-state index contributed by atoms with van der Waals surface area (Å²) < 4.78 is 35.9. The lowest BCUT2D eigenvalue weighted by Gasteiger charge is -2.32. The number of hydrogen-bond donors (Lipinski definition) is 0. The van der Waals surface area contributed by atoms with Crippen molar-refractivity contribution in [1.29, 1.82) is 0 Å². The van der Waals surface area contributed by atoms with Gasteiger partial charge in [-0.2, -0.15) is 0 Å². The first kappa shape index (κ1) is 16.7. The fraction of sp³-hybridized carbons (Fsp3) is 0.923. The molecule has 0 aromatic rings. The molecule has 2 aliphatic rings. The molecule has 0 radical (unpaired) electrons. The maximum atomic E-state index is 12.3. The van der Waals surface area contributed by atoms with Gasteiger partial charge in [0.2, 0.25) is 10.0 Å². The van der Waals surface area contributed by atoms with Gasteiger partial charge >= 0.3 is 5.97 Å². The van der Waals surface area contributed by atoms with Crippen LogP contribution >= 0.6 is 0 Å². The maximum absolute atomic E-state index is 12.3. The summed E-state index contributed by atoms with van der Waals surface area (Å²) in [5.41, 5.74) is 0. The first-order valence-corrected chi connectivity index (χ1v) is 9.00. The molecule has 2 fully saturated rings. The van der Waals surface area contributed by atoms with E-state index in [2.05, 4.69) is 9.64 Å². The Morgan fingerprint density at radius 3 is 2.67 bits per heavy atom. The Morgan fingerprint density at radius 2 is 2.00 bits per heavy atom. The van der Waals surface area contributed by atoms with Crippen molar-refractivity contribution >= 4 is 16.0 Å². The Kier molecular flexibility index (Phi) is 5.98. The van der Waals surface area contributed by atoms with Gasteiger partial charge in [-0.25, -0.2) is 12.7 Å². The number of esters is 1. The van der Waals surface area contributed by atoms with Crippen molar-refractivity contribution in [2.24, 2.45) is 0 Å². The summed E-state index contributed by atoms with van der Waals surface area (Å²) >= 11 is 0. The maximum Gasteiger partial charge on any atom is 0.305 e. The van der Waals surface area contributed by atoms with E-state index in [1.807, 2.05) is 0 Å². The largest absolute Gasteiger partial charge is 0.469 e. The van der Waals surface area contributed by atoms with Crippen molar-refractivity contribution in [1.82, 2.24) is 9.21 Å². The number of nitrogens with zero attached hydrogens (tertiary/aromatic N) is 2. The minimum absolute atomic E-state index is 0.0118. The molecule has 0 spiro atoms. The van der Waals surface area contributed by atoms with Gasteiger partial charge in [-0.05, 0) is 12.8 Å². The first-order chi connectivity index (χ1) is 10.0. The van der Waals surface area contributed by atoms with Crippen LogP contribution in [-0.4, -0.2) is 81.9 Å². The fourth-order valence-corrected chi connectivity index (χ4v) is 4.38. The zero-order valence-corrected chi connectivity index (χ0v) is 13.3. The highest BCUT2D eigenvalue weighted by molar-refractivity contribution is 7.89. The Hall–Kier alpha value is -0.700. The van der Waals surface area contributed by atoms with Crippen LogP contribution in [0.4, 0.5) is 0 Å². The predicted molar refractivity (Wildman–Crippen MR) is 77.4 cm³/mol. The second kappa shape index (κ2) is 7.53. The van der Waals surface area contributed by atoms with Crippen LogP contribution in [-0.2, 0) is 24.3 Å². The summed E-state index contributed by atoms with van der Waals surface area (Å²) in [7, 11) is -1.96. The SMILES string of the molecule is COC(=O)CCCS(=O)(=O)N1CCC(N2CCOCC2)C1. The molecule has 0 amide bonds. The van der Waals surface area contributed by atoms with Gasteiger partial charge in [-0.15, -0.1) is 0 Å². The van der Waals surface area contributed by atoms with E-state index in [-0.39, 0.29) is 18.1 Å². The molecule has 0 bridgehead atoms. The lowest BCUT2D eigenvalue weighted by molar-refractivity contribution is -0.140. The second-order valence-corrected chi connectivity index (χ2v) is 7.53. The number of methoxy groups -OCH3 is 1. The fourth-order valence-electron chi connectivity index (χ4n) is 2.83. The van der Waals surface area contributed by atoms with Crippen LogP contribution in [0.15, 0.2) is 0 Å². The summed E-state index contributed by atoms with van der Waals surface area (Å²) in [5.74, 6) is -0.351. The Bertz CT molecular complexity index is 447. The van der Waals surface area contributed by atoms with E-state index < -0.39 is 10.0 Å². The highest BCUT2D eigenvalue weighted by Crippen LogP contribution is 2.20. The molecule has 2 aliphatic heterocycles. The average Bonchev–Trinajstić information content (AvgIpc) is 2.98. The molecule has 1 unspecified atom stereocenters. The third-order valence-electron chi connectivity index (χ3n) is 4.09.